The molecule has 3 unspecified atom stereocenters. The van der Waals surface area contributed by atoms with Crippen molar-refractivity contribution in [2.45, 2.75) is 71.5 Å². The van der Waals surface area contributed by atoms with Gasteiger partial charge in [-0.15, -0.1) is 0 Å². The Kier molecular flexibility index (Phi) is 4.41. The summed E-state index contributed by atoms with van der Waals surface area (Å²) < 4.78 is 2.10. The Morgan fingerprint density at radius 3 is 2.86 bits per heavy atom. The summed E-state index contributed by atoms with van der Waals surface area (Å²) in [6.45, 7) is 9.55. The van der Waals surface area contributed by atoms with Crippen LogP contribution in [0.15, 0.2) is 11.2 Å². The summed E-state index contributed by atoms with van der Waals surface area (Å²) in [6.07, 6.45) is 6.75. The average Bonchev–Trinajstić information content (AvgIpc) is 3.00. The maximum absolute atomic E-state index is 4.76. The molecule has 3 atom stereocenters. The van der Waals surface area contributed by atoms with Crippen molar-refractivity contribution < 1.29 is 0 Å². The molecule has 1 aromatic rings. The summed E-state index contributed by atoms with van der Waals surface area (Å²) in [5, 5.41) is 11.9. The highest BCUT2D eigenvalue weighted by Gasteiger charge is 2.33. The van der Waals surface area contributed by atoms with Gasteiger partial charge in [-0.2, -0.15) is 5.10 Å². The zero-order valence-corrected chi connectivity index (χ0v) is 14.3. The average molecular weight is 303 g/mol. The van der Waals surface area contributed by atoms with Gasteiger partial charge in [0.2, 0.25) is 0 Å². The molecular formula is C17H29N5. The minimum Gasteiger partial charge on any atom is -0.353 e. The van der Waals surface area contributed by atoms with Crippen molar-refractivity contribution in [3.05, 3.63) is 17.5 Å². The first-order valence-electron chi connectivity index (χ1n) is 8.71. The number of aliphatic imine (C=N–C) groups is 1. The number of hydrogen-bond donors (Lipinski definition) is 2. The van der Waals surface area contributed by atoms with Crippen molar-refractivity contribution in [2.24, 2.45) is 10.9 Å². The molecule has 1 fully saturated rings. The number of rotatable bonds is 4. The summed E-state index contributed by atoms with van der Waals surface area (Å²) in [6, 6.07) is 1.49. The van der Waals surface area contributed by atoms with Crippen molar-refractivity contribution >= 4 is 5.96 Å². The molecule has 5 nitrogen and oxygen atoms in total. The van der Waals surface area contributed by atoms with Gasteiger partial charge in [0, 0.05) is 37.3 Å². The highest BCUT2D eigenvalue weighted by atomic mass is 15.3. The molecule has 0 bridgehead atoms. The van der Waals surface area contributed by atoms with Crippen LogP contribution in [0.5, 0.6) is 0 Å². The van der Waals surface area contributed by atoms with Crippen LogP contribution in [0.1, 0.15) is 57.8 Å². The maximum atomic E-state index is 4.76. The number of nitrogens with zero attached hydrogens (tertiary/aromatic N) is 3. The van der Waals surface area contributed by atoms with Crippen molar-refractivity contribution in [3.63, 3.8) is 0 Å². The van der Waals surface area contributed by atoms with E-state index in [2.05, 4.69) is 54.2 Å². The van der Waals surface area contributed by atoms with Crippen LogP contribution in [0, 0.1) is 5.92 Å². The van der Waals surface area contributed by atoms with E-state index in [1.165, 1.54) is 17.7 Å². The molecule has 2 aliphatic carbocycles. The molecule has 1 aromatic heterocycles. The standard InChI is InChI=1S/C17H29N5/c1-5-18-17(20-15-8-12(15)4)19-14-7-6-13-10-22(11(2)3)21-16(13)9-14/h10-12,14-15H,5-9H2,1-4H3,(H2,18,19,20). The van der Waals surface area contributed by atoms with Gasteiger partial charge in [-0.05, 0) is 51.5 Å². The molecule has 2 N–H and O–H groups in total. The number of aryl methyl sites for hydroxylation is 1. The first-order valence-corrected chi connectivity index (χ1v) is 8.71. The second kappa shape index (κ2) is 6.31. The van der Waals surface area contributed by atoms with E-state index in [0.29, 0.717) is 18.1 Å². The van der Waals surface area contributed by atoms with Crippen molar-refractivity contribution in [1.29, 1.82) is 0 Å². The summed E-state index contributed by atoms with van der Waals surface area (Å²) in [7, 11) is 0. The van der Waals surface area contributed by atoms with Gasteiger partial charge in [-0.3, -0.25) is 9.67 Å². The lowest BCUT2D eigenvalue weighted by Gasteiger charge is -2.24. The predicted octanol–water partition coefficient (Wildman–Crippen LogP) is 2.28. The third-order valence-electron chi connectivity index (χ3n) is 4.71. The Labute approximate surface area is 133 Å². The predicted molar refractivity (Wildman–Crippen MR) is 90.2 cm³/mol. The Hall–Kier alpha value is -1.52. The molecule has 122 valence electrons. The number of nitrogens with one attached hydrogen (secondary N) is 2. The van der Waals surface area contributed by atoms with E-state index in [-0.39, 0.29) is 0 Å². The molecule has 22 heavy (non-hydrogen) atoms. The van der Waals surface area contributed by atoms with Gasteiger partial charge in [0.05, 0.1) is 5.69 Å². The number of hydrogen-bond acceptors (Lipinski definition) is 2. The zero-order chi connectivity index (χ0) is 15.7. The highest BCUT2D eigenvalue weighted by molar-refractivity contribution is 5.80. The molecule has 3 rings (SSSR count). The fraction of sp³-hybridized carbons (Fsp3) is 0.765. The fourth-order valence-electron chi connectivity index (χ4n) is 3.08. The second-order valence-electron chi connectivity index (χ2n) is 7.05. The van der Waals surface area contributed by atoms with Crippen LogP contribution in [0.3, 0.4) is 0 Å². The first-order chi connectivity index (χ1) is 10.6. The summed E-state index contributed by atoms with van der Waals surface area (Å²) in [5.74, 6) is 1.76. The van der Waals surface area contributed by atoms with Crippen molar-refractivity contribution in [2.75, 3.05) is 6.54 Å². The lowest BCUT2D eigenvalue weighted by atomic mass is 9.94. The molecule has 5 heteroatoms. The van der Waals surface area contributed by atoms with E-state index in [4.69, 9.17) is 5.10 Å². The van der Waals surface area contributed by atoms with Gasteiger partial charge < -0.3 is 10.6 Å². The first kappa shape index (κ1) is 15.4. The van der Waals surface area contributed by atoms with Gasteiger partial charge in [0.15, 0.2) is 5.96 Å². The molecule has 0 saturated heterocycles. The maximum Gasteiger partial charge on any atom is 0.191 e. The van der Waals surface area contributed by atoms with Crippen LogP contribution in [0.4, 0.5) is 0 Å². The normalized spacial score (nSPS) is 27.7. The molecular weight excluding hydrogens is 274 g/mol. The number of fused-ring (bicyclic) bond motifs is 1. The van der Waals surface area contributed by atoms with Gasteiger partial charge in [0.1, 0.15) is 0 Å². The minimum atomic E-state index is 0.437. The lowest BCUT2D eigenvalue weighted by molar-refractivity contribution is 0.498. The van der Waals surface area contributed by atoms with E-state index in [1.54, 1.807) is 0 Å². The Morgan fingerprint density at radius 1 is 1.45 bits per heavy atom. The third-order valence-corrected chi connectivity index (χ3v) is 4.71. The SMILES string of the molecule is CCN=C(NC1CCc2cn(C(C)C)nc2C1)NC1CC1C. The van der Waals surface area contributed by atoms with Crippen molar-refractivity contribution in [1.82, 2.24) is 20.4 Å². The minimum absolute atomic E-state index is 0.437. The molecule has 0 spiro atoms. The molecule has 2 aliphatic rings. The highest BCUT2D eigenvalue weighted by Crippen LogP contribution is 2.29. The second-order valence-corrected chi connectivity index (χ2v) is 7.05. The monoisotopic (exact) mass is 303 g/mol. The number of aromatic nitrogens is 2. The van der Waals surface area contributed by atoms with Crippen LogP contribution in [0.25, 0.3) is 0 Å². The lowest BCUT2D eigenvalue weighted by Crippen LogP contribution is -2.46. The Bertz CT molecular complexity index is 545. The van der Waals surface area contributed by atoms with Gasteiger partial charge in [-0.1, -0.05) is 6.92 Å². The topological polar surface area (TPSA) is 54.2 Å². The molecule has 0 radical (unpaired) electrons. The Balaban J connectivity index is 1.61. The van der Waals surface area contributed by atoms with Gasteiger partial charge in [-0.25, -0.2) is 0 Å². The quantitative estimate of drug-likeness (QED) is 0.663. The number of guanidine groups is 1. The van der Waals surface area contributed by atoms with E-state index in [9.17, 15) is 0 Å². The molecule has 1 saturated carbocycles. The summed E-state index contributed by atoms with van der Waals surface area (Å²) >= 11 is 0. The van der Waals surface area contributed by atoms with Gasteiger partial charge in [0.25, 0.3) is 0 Å². The third kappa shape index (κ3) is 3.45. The van der Waals surface area contributed by atoms with E-state index < -0.39 is 0 Å². The van der Waals surface area contributed by atoms with E-state index >= 15 is 0 Å². The summed E-state index contributed by atoms with van der Waals surface area (Å²) in [5.41, 5.74) is 2.68. The molecule has 0 aliphatic heterocycles. The largest absolute Gasteiger partial charge is 0.353 e. The van der Waals surface area contributed by atoms with Gasteiger partial charge >= 0.3 is 0 Å². The molecule has 0 amide bonds. The Morgan fingerprint density at radius 2 is 2.23 bits per heavy atom. The zero-order valence-electron chi connectivity index (χ0n) is 14.3. The van der Waals surface area contributed by atoms with Crippen LogP contribution in [-0.2, 0) is 12.8 Å². The van der Waals surface area contributed by atoms with Crippen LogP contribution in [-0.4, -0.2) is 34.4 Å². The summed E-state index contributed by atoms with van der Waals surface area (Å²) in [4.78, 5) is 4.59. The van der Waals surface area contributed by atoms with Crippen LogP contribution < -0.4 is 10.6 Å². The van der Waals surface area contributed by atoms with Crippen LogP contribution in [0.2, 0.25) is 0 Å². The smallest absolute Gasteiger partial charge is 0.191 e. The van der Waals surface area contributed by atoms with E-state index in [0.717, 1.165) is 37.7 Å². The molecule has 1 heterocycles. The van der Waals surface area contributed by atoms with Crippen molar-refractivity contribution in [3.8, 4) is 0 Å². The van der Waals surface area contributed by atoms with E-state index in [1.807, 2.05) is 0 Å². The van der Waals surface area contributed by atoms with Crippen LogP contribution >= 0.6 is 0 Å². The molecule has 0 aromatic carbocycles. The fourth-order valence-corrected chi connectivity index (χ4v) is 3.08.